The molecule has 1 atom stereocenters. The predicted molar refractivity (Wildman–Crippen MR) is 57.1 cm³/mol. The second kappa shape index (κ2) is 5.86. The number of carbonyl (C=O) groups is 1. The van der Waals surface area contributed by atoms with E-state index in [0.29, 0.717) is 19.1 Å². The lowest BCUT2D eigenvalue weighted by Gasteiger charge is -2.35. The third-order valence-electron chi connectivity index (χ3n) is 2.72. The number of amides is 2. The highest BCUT2D eigenvalue weighted by Crippen LogP contribution is 2.18. The van der Waals surface area contributed by atoms with Crippen molar-refractivity contribution in [2.45, 2.75) is 38.6 Å². The van der Waals surface area contributed by atoms with Gasteiger partial charge >= 0.3 is 6.03 Å². The summed E-state index contributed by atoms with van der Waals surface area (Å²) in [5.74, 6) is 0. The zero-order valence-corrected chi connectivity index (χ0v) is 8.96. The van der Waals surface area contributed by atoms with Crippen LogP contribution in [0.3, 0.4) is 0 Å². The average molecular weight is 199 g/mol. The highest BCUT2D eigenvalue weighted by Gasteiger charge is 2.25. The van der Waals surface area contributed by atoms with Gasteiger partial charge in [0.15, 0.2) is 0 Å². The quantitative estimate of drug-likeness (QED) is 0.710. The highest BCUT2D eigenvalue weighted by atomic mass is 16.2. The van der Waals surface area contributed by atoms with Crippen LogP contribution in [0.1, 0.15) is 32.6 Å². The largest absolute Gasteiger partial charge is 0.338 e. The molecule has 0 aromatic heterocycles. The summed E-state index contributed by atoms with van der Waals surface area (Å²) in [6, 6.07) is 0.436. The van der Waals surface area contributed by atoms with Crippen molar-refractivity contribution in [1.82, 2.24) is 10.2 Å². The smallest absolute Gasteiger partial charge is 0.317 e. The van der Waals surface area contributed by atoms with E-state index in [1.165, 1.54) is 6.42 Å². The Morgan fingerprint density at radius 1 is 1.57 bits per heavy atom. The van der Waals surface area contributed by atoms with Gasteiger partial charge in [-0.15, -0.1) is 0 Å². The van der Waals surface area contributed by atoms with Gasteiger partial charge in [0.1, 0.15) is 0 Å². The Labute approximate surface area is 85.8 Å². The molecule has 0 radical (unpaired) electrons. The Balaban J connectivity index is 2.48. The van der Waals surface area contributed by atoms with Gasteiger partial charge in [-0.3, -0.25) is 0 Å². The molecule has 1 aliphatic heterocycles. The molecule has 0 saturated carbocycles. The molecule has 0 aromatic rings. The molecule has 1 heterocycles. The van der Waals surface area contributed by atoms with Crippen LogP contribution in [0.5, 0.6) is 0 Å². The molecule has 0 bridgehead atoms. The van der Waals surface area contributed by atoms with Crippen LogP contribution in [0.2, 0.25) is 0 Å². The molecule has 1 aliphatic rings. The van der Waals surface area contributed by atoms with Gasteiger partial charge in [0, 0.05) is 19.1 Å². The molecule has 4 nitrogen and oxygen atoms in total. The number of urea groups is 1. The van der Waals surface area contributed by atoms with Crippen LogP contribution in [0.25, 0.3) is 0 Å². The van der Waals surface area contributed by atoms with Crippen LogP contribution >= 0.6 is 0 Å². The van der Waals surface area contributed by atoms with Crippen molar-refractivity contribution in [3.63, 3.8) is 0 Å². The summed E-state index contributed by atoms with van der Waals surface area (Å²) in [4.78, 5) is 13.6. The van der Waals surface area contributed by atoms with E-state index in [0.717, 1.165) is 25.8 Å². The second-order valence-electron chi connectivity index (χ2n) is 3.76. The summed E-state index contributed by atoms with van der Waals surface area (Å²) in [5, 5.41) is 2.85. The normalized spacial score (nSPS) is 22.1. The van der Waals surface area contributed by atoms with E-state index in [9.17, 15) is 4.79 Å². The number of nitrogens with two attached hydrogens (primary N) is 1. The van der Waals surface area contributed by atoms with E-state index in [1.807, 2.05) is 11.8 Å². The molecule has 0 aliphatic carbocycles. The fourth-order valence-electron chi connectivity index (χ4n) is 2.01. The Kier molecular flexibility index (Phi) is 4.73. The Morgan fingerprint density at radius 3 is 3.00 bits per heavy atom. The molecule has 0 spiro atoms. The maximum Gasteiger partial charge on any atom is 0.317 e. The van der Waals surface area contributed by atoms with Crippen molar-refractivity contribution < 1.29 is 4.79 Å². The van der Waals surface area contributed by atoms with Crippen molar-refractivity contribution in [3.05, 3.63) is 0 Å². The van der Waals surface area contributed by atoms with E-state index >= 15 is 0 Å². The van der Waals surface area contributed by atoms with Crippen LogP contribution < -0.4 is 11.1 Å². The molecule has 1 unspecified atom stereocenters. The molecule has 14 heavy (non-hydrogen) atoms. The molecular weight excluding hydrogens is 178 g/mol. The van der Waals surface area contributed by atoms with Gasteiger partial charge in [0.05, 0.1) is 0 Å². The molecule has 1 rings (SSSR count). The summed E-state index contributed by atoms with van der Waals surface area (Å²) in [6.07, 6.45) is 4.38. The number of rotatable bonds is 3. The van der Waals surface area contributed by atoms with E-state index in [-0.39, 0.29) is 6.03 Å². The molecule has 3 N–H and O–H groups in total. The molecule has 4 heteroatoms. The van der Waals surface area contributed by atoms with Gasteiger partial charge in [-0.2, -0.15) is 0 Å². The molecule has 1 saturated heterocycles. The first-order valence-corrected chi connectivity index (χ1v) is 5.54. The van der Waals surface area contributed by atoms with Crippen LogP contribution in [-0.2, 0) is 0 Å². The summed E-state index contributed by atoms with van der Waals surface area (Å²) < 4.78 is 0. The second-order valence-corrected chi connectivity index (χ2v) is 3.76. The maximum atomic E-state index is 11.7. The molecular formula is C10H21N3O. The Hall–Kier alpha value is -0.770. The van der Waals surface area contributed by atoms with Crippen molar-refractivity contribution in [3.8, 4) is 0 Å². The zero-order valence-electron chi connectivity index (χ0n) is 8.96. The van der Waals surface area contributed by atoms with Crippen LogP contribution in [0.15, 0.2) is 0 Å². The molecule has 1 fully saturated rings. The first-order valence-electron chi connectivity index (χ1n) is 5.54. The molecule has 2 amide bonds. The SMILES string of the molecule is CCNC(=O)N1CCCCC1CCN. The fourth-order valence-corrected chi connectivity index (χ4v) is 2.01. The number of hydrogen-bond acceptors (Lipinski definition) is 2. The average Bonchev–Trinajstić information content (AvgIpc) is 2.19. The monoisotopic (exact) mass is 199 g/mol. The van der Waals surface area contributed by atoms with E-state index < -0.39 is 0 Å². The molecule has 82 valence electrons. The summed E-state index contributed by atoms with van der Waals surface area (Å²) in [7, 11) is 0. The van der Waals surface area contributed by atoms with Gasteiger partial charge in [0.2, 0.25) is 0 Å². The van der Waals surface area contributed by atoms with Crippen molar-refractivity contribution in [2.24, 2.45) is 5.73 Å². The fraction of sp³-hybridized carbons (Fsp3) is 0.900. The van der Waals surface area contributed by atoms with Gasteiger partial charge in [-0.25, -0.2) is 4.79 Å². The van der Waals surface area contributed by atoms with Crippen molar-refractivity contribution in [1.29, 1.82) is 0 Å². The van der Waals surface area contributed by atoms with Gasteiger partial charge < -0.3 is 16.0 Å². The van der Waals surface area contributed by atoms with Crippen molar-refractivity contribution >= 4 is 6.03 Å². The van der Waals surface area contributed by atoms with E-state index in [1.54, 1.807) is 0 Å². The van der Waals surface area contributed by atoms with Gasteiger partial charge in [-0.1, -0.05) is 0 Å². The third kappa shape index (κ3) is 2.87. The lowest BCUT2D eigenvalue weighted by Crippen LogP contribution is -2.49. The minimum atomic E-state index is 0.0747. The highest BCUT2D eigenvalue weighted by molar-refractivity contribution is 5.74. The number of nitrogens with zero attached hydrogens (tertiary/aromatic N) is 1. The Bertz CT molecular complexity index is 182. The minimum Gasteiger partial charge on any atom is -0.338 e. The lowest BCUT2D eigenvalue weighted by atomic mass is 10.00. The zero-order chi connectivity index (χ0) is 10.4. The van der Waals surface area contributed by atoms with Gasteiger partial charge in [-0.05, 0) is 39.2 Å². The summed E-state index contributed by atoms with van der Waals surface area (Å²) >= 11 is 0. The van der Waals surface area contributed by atoms with Crippen molar-refractivity contribution in [2.75, 3.05) is 19.6 Å². The van der Waals surface area contributed by atoms with Gasteiger partial charge in [0.25, 0.3) is 0 Å². The molecule has 0 aromatic carbocycles. The minimum absolute atomic E-state index is 0.0747. The predicted octanol–water partition coefficient (Wildman–Crippen LogP) is 0.919. The summed E-state index contributed by atoms with van der Waals surface area (Å²) in [6.45, 7) is 4.20. The number of carbonyl (C=O) groups excluding carboxylic acids is 1. The number of hydrogen-bond donors (Lipinski definition) is 2. The van der Waals surface area contributed by atoms with Crippen LogP contribution in [0, 0.1) is 0 Å². The number of nitrogens with one attached hydrogen (secondary N) is 1. The summed E-state index contributed by atoms with van der Waals surface area (Å²) in [5.41, 5.74) is 5.54. The van der Waals surface area contributed by atoms with E-state index in [4.69, 9.17) is 5.73 Å². The topological polar surface area (TPSA) is 58.4 Å². The maximum absolute atomic E-state index is 11.7. The van der Waals surface area contributed by atoms with Crippen LogP contribution in [-0.4, -0.2) is 36.6 Å². The number of likely N-dealkylation sites (tertiary alicyclic amines) is 1. The van der Waals surface area contributed by atoms with Crippen LogP contribution in [0.4, 0.5) is 4.79 Å². The Morgan fingerprint density at radius 2 is 2.36 bits per heavy atom. The first-order chi connectivity index (χ1) is 6.79. The standard InChI is InChI=1S/C10H21N3O/c1-2-12-10(14)13-8-4-3-5-9(13)6-7-11/h9H,2-8,11H2,1H3,(H,12,14). The lowest BCUT2D eigenvalue weighted by molar-refractivity contribution is 0.148. The number of piperidine rings is 1. The third-order valence-corrected chi connectivity index (χ3v) is 2.72. The van der Waals surface area contributed by atoms with E-state index in [2.05, 4.69) is 5.32 Å². The first kappa shape index (κ1) is 11.3.